The number of anilines is 1. The van der Waals surface area contributed by atoms with Crippen LogP contribution >= 0.6 is 23.1 Å². The summed E-state index contributed by atoms with van der Waals surface area (Å²) in [6.07, 6.45) is 0. The van der Waals surface area contributed by atoms with E-state index in [0.29, 0.717) is 34.0 Å². The molecule has 0 spiro atoms. The molecule has 8 nitrogen and oxygen atoms in total. The van der Waals surface area contributed by atoms with Crippen LogP contribution in [0.15, 0.2) is 35.5 Å². The predicted octanol–water partition coefficient (Wildman–Crippen LogP) is 5.28. The Balaban J connectivity index is 1.58. The number of esters is 1. The van der Waals surface area contributed by atoms with Crippen LogP contribution in [-0.4, -0.2) is 39.0 Å². The first-order chi connectivity index (χ1) is 16.3. The van der Waals surface area contributed by atoms with Gasteiger partial charge in [0.25, 0.3) is 0 Å². The summed E-state index contributed by atoms with van der Waals surface area (Å²) >= 11 is 2.63. The van der Waals surface area contributed by atoms with Gasteiger partial charge in [0.15, 0.2) is 11.0 Å². The number of amides is 1. The van der Waals surface area contributed by atoms with Crippen molar-refractivity contribution < 1.29 is 19.1 Å². The van der Waals surface area contributed by atoms with Crippen LogP contribution in [0.25, 0.3) is 0 Å². The molecule has 34 heavy (non-hydrogen) atoms. The highest BCUT2D eigenvalue weighted by Gasteiger charge is 2.19. The average molecular weight is 503 g/mol. The lowest BCUT2D eigenvalue weighted by Gasteiger charge is -2.10. The van der Waals surface area contributed by atoms with Crippen molar-refractivity contribution in [2.75, 3.05) is 17.7 Å². The third-order valence-corrected chi connectivity index (χ3v) is 6.89. The summed E-state index contributed by atoms with van der Waals surface area (Å²) in [5.74, 6) is 1.39. The maximum absolute atomic E-state index is 12.6. The maximum atomic E-state index is 12.6. The molecule has 182 valence electrons. The van der Waals surface area contributed by atoms with Crippen molar-refractivity contribution in [2.45, 2.75) is 58.8 Å². The molecule has 0 aliphatic rings. The fourth-order valence-electron chi connectivity index (χ4n) is 3.21. The van der Waals surface area contributed by atoms with E-state index in [1.165, 1.54) is 28.7 Å². The van der Waals surface area contributed by atoms with E-state index in [-0.39, 0.29) is 24.9 Å². The third kappa shape index (κ3) is 6.60. The molecule has 0 aliphatic heterocycles. The van der Waals surface area contributed by atoms with Crippen molar-refractivity contribution in [3.05, 3.63) is 52.2 Å². The molecule has 3 aromatic rings. The number of hydrogen-bond acceptors (Lipinski definition) is 8. The molecule has 3 rings (SSSR count). The normalized spacial score (nSPS) is 11.0. The molecule has 1 amide bonds. The van der Waals surface area contributed by atoms with Gasteiger partial charge >= 0.3 is 5.97 Å². The summed E-state index contributed by atoms with van der Waals surface area (Å²) in [7, 11) is 0. The molecule has 1 aromatic carbocycles. The van der Waals surface area contributed by atoms with Crippen LogP contribution in [-0.2, 0) is 22.7 Å². The second-order valence-corrected chi connectivity index (χ2v) is 10.0. The number of carbonyl (C=O) groups is 2. The van der Waals surface area contributed by atoms with Gasteiger partial charge in [-0.25, -0.2) is 4.79 Å². The van der Waals surface area contributed by atoms with Crippen molar-refractivity contribution in [3.63, 3.8) is 0 Å². The molecule has 2 aromatic heterocycles. The van der Waals surface area contributed by atoms with Crippen LogP contribution in [0.1, 0.15) is 60.2 Å². The number of hydrogen-bond donors (Lipinski definition) is 1. The maximum Gasteiger partial charge on any atom is 0.341 e. The third-order valence-electron chi connectivity index (χ3n) is 4.96. The van der Waals surface area contributed by atoms with E-state index in [1.54, 1.807) is 13.0 Å². The Hall–Kier alpha value is -2.85. The number of rotatable bonds is 11. The summed E-state index contributed by atoms with van der Waals surface area (Å²) < 4.78 is 12.9. The summed E-state index contributed by atoms with van der Waals surface area (Å²) in [4.78, 5) is 25.6. The standard InChI is InChI=1S/C24H30N4O4S2/c1-6-28-20(13-32-18-10-8-17(9-11-18)15(3)4)26-27-24(28)33-14-21(29)25-22-19(12-16(5)34-22)23(30)31-7-2/h8-12,15H,6-7,13-14H2,1-5H3,(H,25,29). The van der Waals surface area contributed by atoms with Crippen LogP contribution in [0.3, 0.4) is 0 Å². The van der Waals surface area contributed by atoms with Crippen LogP contribution < -0.4 is 10.1 Å². The first-order valence-corrected chi connectivity index (χ1v) is 13.0. The van der Waals surface area contributed by atoms with Crippen LogP contribution in [0.5, 0.6) is 5.75 Å². The van der Waals surface area contributed by atoms with E-state index in [2.05, 4.69) is 41.5 Å². The van der Waals surface area contributed by atoms with E-state index < -0.39 is 5.97 Å². The predicted molar refractivity (Wildman–Crippen MR) is 135 cm³/mol. The lowest BCUT2D eigenvalue weighted by molar-refractivity contribution is -0.113. The number of nitrogens with one attached hydrogen (secondary N) is 1. The second-order valence-electron chi connectivity index (χ2n) is 7.81. The Kier molecular flexibility index (Phi) is 9.12. The van der Waals surface area contributed by atoms with E-state index in [9.17, 15) is 9.59 Å². The average Bonchev–Trinajstić information content (AvgIpc) is 3.38. The topological polar surface area (TPSA) is 95.3 Å². The van der Waals surface area contributed by atoms with Gasteiger partial charge in [0, 0.05) is 11.4 Å². The van der Waals surface area contributed by atoms with Crippen LogP contribution in [0.2, 0.25) is 0 Å². The van der Waals surface area contributed by atoms with E-state index in [0.717, 1.165) is 10.6 Å². The fraction of sp³-hybridized carbons (Fsp3) is 0.417. The molecule has 0 unspecified atom stereocenters. The lowest BCUT2D eigenvalue weighted by Crippen LogP contribution is -2.16. The number of aryl methyl sites for hydroxylation is 1. The van der Waals surface area contributed by atoms with Gasteiger partial charge in [-0.3, -0.25) is 4.79 Å². The lowest BCUT2D eigenvalue weighted by atomic mass is 10.0. The van der Waals surface area contributed by atoms with E-state index >= 15 is 0 Å². The molecule has 10 heteroatoms. The fourth-order valence-corrected chi connectivity index (χ4v) is 4.94. The molecule has 0 atom stereocenters. The molecule has 1 N–H and O–H groups in total. The number of nitrogens with zero attached hydrogens (tertiary/aromatic N) is 3. The molecule has 0 fully saturated rings. The number of thioether (sulfide) groups is 1. The minimum absolute atomic E-state index is 0.134. The Morgan fingerprint density at radius 1 is 1.18 bits per heavy atom. The number of ether oxygens (including phenoxy) is 2. The quantitative estimate of drug-likeness (QED) is 0.282. The highest BCUT2D eigenvalue weighted by atomic mass is 32.2. The van der Waals surface area contributed by atoms with Gasteiger partial charge in [-0.2, -0.15) is 0 Å². The molecule has 0 radical (unpaired) electrons. The van der Waals surface area contributed by atoms with Gasteiger partial charge in [0.2, 0.25) is 5.91 Å². The molecular formula is C24H30N4O4S2. The Morgan fingerprint density at radius 2 is 1.91 bits per heavy atom. The van der Waals surface area contributed by atoms with Gasteiger partial charge in [-0.05, 0) is 50.5 Å². The van der Waals surface area contributed by atoms with Crippen molar-refractivity contribution in [2.24, 2.45) is 0 Å². The highest BCUT2D eigenvalue weighted by molar-refractivity contribution is 7.99. The smallest absolute Gasteiger partial charge is 0.341 e. The Bertz CT molecular complexity index is 1120. The van der Waals surface area contributed by atoms with Gasteiger partial charge in [-0.15, -0.1) is 21.5 Å². The minimum Gasteiger partial charge on any atom is -0.486 e. The molecule has 0 saturated heterocycles. The van der Waals surface area contributed by atoms with Crippen molar-refractivity contribution in [1.82, 2.24) is 14.8 Å². The van der Waals surface area contributed by atoms with Crippen LogP contribution in [0, 0.1) is 6.92 Å². The highest BCUT2D eigenvalue weighted by Crippen LogP contribution is 2.29. The first kappa shape index (κ1) is 25.8. The molecule has 0 bridgehead atoms. The summed E-state index contributed by atoms with van der Waals surface area (Å²) in [6, 6.07) is 9.76. The molecule has 2 heterocycles. The number of carbonyl (C=O) groups excluding carboxylic acids is 2. The van der Waals surface area contributed by atoms with Crippen LogP contribution in [0.4, 0.5) is 5.00 Å². The zero-order chi connectivity index (χ0) is 24.7. The summed E-state index contributed by atoms with van der Waals surface area (Å²) in [5.41, 5.74) is 1.63. The summed E-state index contributed by atoms with van der Waals surface area (Å²) in [6.45, 7) is 11.1. The van der Waals surface area contributed by atoms with Gasteiger partial charge in [-0.1, -0.05) is 37.7 Å². The molecular weight excluding hydrogens is 472 g/mol. The molecule has 0 aliphatic carbocycles. The van der Waals surface area contributed by atoms with E-state index in [4.69, 9.17) is 9.47 Å². The van der Waals surface area contributed by atoms with Gasteiger partial charge < -0.3 is 19.4 Å². The Morgan fingerprint density at radius 3 is 2.56 bits per heavy atom. The SMILES string of the molecule is CCOC(=O)c1cc(C)sc1NC(=O)CSc1nnc(COc2ccc(C(C)C)cc2)n1CC. The first-order valence-electron chi connectivity index (χ1n) is 11.2. The molecule has 0 saturated carbocycles. The largest absolute Gasteiger partial charge is 0.486 e. The zero-order valence-electron chi connectivity index (χ0n) is 20.1. The van der Waals surface area contributed by atoms with Gasteiger partial charge in [0.1, 0.15) is 17.4 Å². The number of aromatic nitrogens is 3. The van der Waals surface area contributed by atoms with Gasteiger partial charge in [0.05, 0.1) is 17.9 Å². The van der Waals surface area contributed by atoms with Crippen molar-refractivity contribution in [1.29, 1.82) is 0 Å². The van der Waals surface area contributed by atoms with Crippen molar-refractivity contribution in [3.8, 4) is 5.75 Å². The zero-order valence-corrected chi connectivity index (χ0v) is 21.7. The van der Waals surface area contributed by atoms with E-state index in [1.807, 2.05) is 30.5 Å². The monoisotopic (exact) mass is 502 g/mol. The Labute approximate surface area is 208 Å². The van der Waals surface area contributed by atoms with Crippen molar-refractivity contribution >= 4 is 40.0 Å². The summed E-state index contributed by atoms with van der Waals surface area (Å²) in [5, 5.41) is 12.4. The minimum atomic E-state index is -0.441. The number of benzene rings is 1. The second kappa shape index (κ2) is 12.0. The number of thiophene rings is 1.